The standard InChI is InChI=1S/C15H10Cl2F3N5O4S2/c1-25-10(9(12(21)26)11(24-25)15(18,19)20)13-22-23-14(30-13)31(27,28)29-5-6-2-3-7(16)4-8(6)17/h2-4H,5H2,1H3,(H2,21,26). The van der Waals surface area contributed by atoms with Gasteiger partial charge in [0, 0.05) is 17.1 Å². The van der Waals surface area contributed by atoms with Crippen LogP contribution in [0.25, 0.3) is 10.7 Å². The number of aromatic nitrogens is 4. The van der Waals surface area contributed by atoms with Crippen molar-refractivity contribution < 1.29 is 30.6 Å². The number of nitrogens with two attached hydrogens (primary N) is 1. The largest absolute Gasteiger partial charge is 0.435 e. The van der Waals surface area contributed by atoms with E-state index in [9.17, 15) is 26.4 Å². The van der Waals surface area contributed by atoms with Crippen LogP contribution < -0.4 is 5.73 Å². The van der Waals surface area contributed by atoms with Crippen LogP contribution in [0.4, 0.5) is 13.2 Å². The van der Waals surface area contributed by atoms with E-state index in [1.54, 1.807) is 0 Å². The quantitative estimate of drug-likeness (QED) is 0.498. The molecular weight excluding hydrogens is 506 g/mol. The molecule has 2 heterocycles. The highest BCUT2D eigenvalue weighted by atomic mass is 35.5. The number of nitrogens with zero attached hydrogens (tertiary/aromatic N) is 4. The summed E-state index contributed by atoms with van der Waals surface area (Å²) in [5, 5.41) is 10.5. The van der Waals surface area contributed by atoms with E-state index in [0.29, 0.717) is 26.6 Å². The fourth-order valence-electron chi connectivity index (χ4n) is 2.44. The molecule has 1 amide bonds. The summed E-state index contributed by atoms with van der Waals surface area (Å²) >= 11 is 12.1. The van der Waals surface area contributed by atoms with E-state index in [1.165, 1.54) is 18.2 Å². The zero-order valence-electron chi connectivity index (χ0n) is 15.1. The zero-order chi connectivity index (χ0) is 23.1. The number of hydrogen-bond donors (Lipinski definition) is 1. The molecule has 0 saturated heterocycles. The molecule has 2 N–H and O–H groups in total. The fourth-order valence-corrected chi connectivity index (χ4v) is 4.87. The van der Waals surface area contributed by atoms with Crippen LogP contribution in [0.1, 0.15) is 21.6 Å². The van der Waals surface area contributed by atoms with Gasteiger partial charge in [-0.25, -0.2) is 0 Å². The molecule has 0 aliphatic carbocycles. The van der Waals surface area contributed by atoms with Crippen LogP contribution >= 0.6 is 34.5 Å². The maximum atomic E-state index is 13.2. The Morgan fingerprint density at radius 3 is 2.55 bits per heavy atom. The molecule has 0 fully saturated rings. The Labute approximate surface area is 186 Å². The summed E-state index contributed by atoms with van der Waals surface area (Å²) in [5.74, 6) is -1.41. The molecule has 1 aromatic carbocycles. The molecule has 3 rings (SSSR count). The van der Waals surface area contributed by atoms with E-state index in [-0.39, 0.29) is 10.0 Å². The zero-order valence-corrected chi connectivity index (χ0v) is 18.3. The van der Waals surface area contributed by atoms with Gasteiger partial charge in [-0.3, -0.25) is 13.7 Å². The Bertz CT molecular complexity index is 1270. The minimum atomic E-state index is -4.97. The monoisotopic (exact) mass is 515 g/mol. The molecule has 3 aromatic rings. The van der Waals surface area contributed by atoms with Crippen LogP contribution in [0.3, 0.4) is 0 Å². The van der Waals surface area contributed by atoms with E-state index in [0.717, 1.165) is 7.05 Å². The minimum absolute atomic E-state index is 0.168. The third kappa shape index (κ3) is 4.82. The minimum Gasteiger partial charge on any atom is -0.365 e. The van der Waals surface area contributed by atoms with Crippen LogP contribution in [0.15, 0.2) is 22.5 Å². The van der Waals surface area contributed by atoms with Gasteiger partial charge in [0.1, 0.15) is 11.3 Å². The average Bonchev–Trinajstić information content (AvgIpc) is 3.25. The molecule has 0 bridgehead atoms. The third-order valence-electron chi connectivity index (χ3n) is 3.77. The Morgan fingerprint density at radius 1 is 1.29 bits per heavy atom. The van der Waals surface area contributed by atoms with Gasteiger partial charge in [-0.2, -0.15) is 26.7 Å². The lowest BCUT2D eigenvalue weighted by Gasteiger charge is -2.05. The highest BCUT2D eigenvalue weighted by Crippen LogP contribution is 2.37. The number of amides is 1. The Hall–Kier alpha value is -2.26. The van der Waals surface area contributed by atoms with Crippen molar-refractivity contribution in [1.82, 2.24) is 20.0 Å². The Morgan fingerprint density at radius 2 is 1.97 bits per heavy atom. The van der Waals surface area contributed by atoms with Crippen molar-refractivity contribution in [3.8, 4) is 10.7 Å². The second-order valence-electron chi connectivity index (χ2n) is 5.88. The molecule has 0 unspecified atom stereocenters. The molecule has 9 nitrogen and oxygen atoms in total. The predicted molar refractivity (Wildman–Crippen MR) is 104 cm³/mol. The van der Waals surface area contributed by atoms with Crippen molar-refractivity contribution in [2.45, 2.75) is 17.1 Å². The molecule has 0 spiro atoms. The normalized spacial score (nSPS) is 12.3. The van der Waals surface area contributed by atoms with Gasteiger partial charge in [-0.1, -0.05) is 40.6 Å². The van der Waals surface area contributed by atoms with E-state index >= 15 is 0 Å². The maximum absolute atomic E-state index is 13.2. The molecular formula is C15H10Cl2F3N5O4S2. The molecule has 16 heteroatoms. The Balaban J connectivity index is 1.94. The summed E-state index contributed by atoms with van der Waals surface area (Å²) in [6, 6.07) is 4.33. The topological polar surface area (TPSA) is 130 Å². The number of carbonyl (C=O) groups is 1. The third-order valence-corrected chi connectivity index (χ3v) is 6.88. The summed E-state index contributed by atoms with van der Waals surface area (Å²) in [5.41, 5.74) is 2.50. The van der Waals surface area contributed by atoms with Gasteiger partial charge in [0.25, 0.3) is 10.2 Å². The summed E-state index contributed by atoms with van der Waals surface area (Å²) in [6.07, 6.45) is -4.97. The van der Waals surface area contributed by atoms with Crippen molar-refractivity contribution in [2.75, 3.05) is 0 Å². The van der Waals surface area contributed by atoms with Gasteiger partial charge in [0.15, 0.2) is 10.7 Å². The summed E-state index contributed by atoms with van der Waals surface area (Å²) in [6.45, 7) is -0.455. The van der Waals surface area contributed by atoms with Crippen LogP contribution in [0.5, 0.6) is 0 Å². The van der Waals surface area contributed by atoms with Gasteiger partial charge in [0.05, 0.1) is 6.61 Å². The lowest BCUT2D eigenvalue weighted by atomic mass is 10.1. The summed E-state index contributed by atoms with van der Waals surface area (Å²) < 4.78 is 69.3. The van der Waals surface area contributed by atoms with Crippen LogP contribution in [-0.4, -0.2) is 34.3 Å². The first-order chi connectivity index (χ1) is 14.3. The highest BCUT2D eigenvalue weighted by molar-refractivity contribution is 7.88. The SMILES string of the molecule is Cn1nc(C(F)(F)F)c(C(N)=O)c1-c1nnc(S(=O)(=O)OCc2ccc(Cl)cc2Cl)s1. The number of aryl methyl sites for hydroxylation is 1. The average molecular weight is 516 g/mol. The van der Waals surface area contributed by atoms with Crippen LogP contribution in [0, 0.1) is 0 Å². The fraction of sp³-hybridized carbons (Fsp3) is 0.200. The van der Waals surface area contributed by atoms with Crippen molar-refractivity contribution in [1.29, 1.82) is 0 Å². The Kier molecular flexibility index (Phi) is 6.30. The molecule has 0 saturated carbocycles. The molecule has 166 valence electrons. The van der Waals surface area contributed by atoms with E-state index in [1.807, 2.05) is 0 Å². The summed E-state index contributed by atoms with van der Waals surface area (Å²) in [7, 11) is -3.34. The molecule has 0 aliphatic rings. The van der Waals surface area contributed by atoms with E-state index in [4.69, 9.17) is 33.1 Å². The van der Waals surface area contributed by atoms with Crippen molar-refractivity contribution in [2.24, 2.45) is 12.8 Å². The highest BCUT2D eigenvalue weighted by Gasteiger charge is 2.41. The number of halogens is 5. The van der Waals surface area contributed by atoms with Crippen molar-refractivity contribution in [3.05, 3.63) is 45.1 Å². The van der Waals surface area contributed by atoms with Gasteiger partial charge < -0.3 is 5.73 Å². The number of primary amides is 1. The smallest absolute Gasteiger partial charge is 0.365 e. The molecule has 0 atom stereocenters. The lowest BCUT2D eigenvalue weighted by Crippen LogP contribution is -2.18. The maximum Gasteiger partial charge on any atom is 0.435 e. The van der Waals surface area contributed by atoms with Gasteiger partial charge in [-0.15, -0.1) is 10.2 Å². The lowest BCUT2D eigenvalue weighted by molar-refractivity contribution is -0.141. The van der Waals surface area contributed by atoms with E-state index < -0.39 is 50.1 Å². The number of hydrogen-bond acceptors (Lipinski definition) is 8. The summed E-state index contributed by atoms with van der Waals surface area (Å²) in [4.78, 5) is 11.7. The first-order valence-corrected chi connectivity index (χ1v) is 10.9. The predicted octanol–water partition coefficient (Wildman–Crippen LogP) is 3.27. The van der Waals surface area contributed by atoms with Gasteiger partial charge >= 0.3 is 16.3 Å². The first-order valence-electron chi connectivity index (χ1n) is 7.92. The molecule has 0 radical (unpaired) electrons. The number of rotatable bonds is 6. The van der Waals surface area contributed by atoms with Gasteiger partial charge in [-0.05, 0) is 17.7 Å². The second kappa shape index (κ2) is 8.35. The molecule has 0 aliphatic heterocycles. The number of benzene rings is 1. The van der Waals surface area contributed by atoms with Gasteiger partial charge in [0.2, 0.25) is 0 Å². The molecule has 2 aromatic heterocycles. The number of carbonyl (C=O) groups excluding carboxylic acids is 1. The number of alkyl halides is 3. The van der Waals surface area contributed by atoms with Crippen LogP contribution in [0.2, 0.25) is 10.0 Å². The second-order valence-corrected chi connectivity index (χ2v) is 9.49. The van der Waals surface area contributed by atoms with Crippen molar-refractivity contribution >= 4 is 50.6 Å². The first kappa shape index (κ1) is 23.4. The van der Waals surface area contributed by atoms with E-state index in [2.05, 4.69) is 15.3 Å². The van der Waals surface area contributed by atoms with Crippen molar-refractivity contribution in [3.63, 3.8) is 0 Å². The van der Waals surface area contributed by atoms with Crippen LogP contribution in [-0.2, 0) is 34.1 Å². The molecule has 31 heavy (non-hydrogen) atoms.